The van der Waals surface area contributed by atoms with Gasteiger partial charge in [0, 0.05) is 90.3 Å². The number of carbonyl (C=O) groups is 5. The Hall–Kier alpha value is -6.43. The molecule has 358 valence electrons. The lowest BCUT2D eigenvalue weighted by atomic mass is 9.63. The molecule has 1 unspecified atom stereocenters. The second kappa shape index (κ2) is 17.3. The van der Waals surface area contributed by atoms with E-state index in [1.165, 1.54) is 24.1 Å². The molecule has 4 aromatic rings. The molecule has 1 aromatic heterocycles. The first-order valence-corrected chi connectivity index (χ1v) is 22.9. The molecule has 0 aliphatic carbocycles. The summed E-state index contributed by atoms with van der Waals surface area (Å²) in [6.45, 7) is 7.00. The second-order valence-corrected chi connectivity index (χ2v) is 20.0. The number of pyridine rings is 1. The zero-order valence-electron chi connectivity index (χ0n) is 37.8. The number of likely N-dealkylation sites (tertiary alicyclic amines) is 1. The first-order valence-electron chi connectivity index (χ1n) is 22.5. The number of imide groups is 1. The van der Waals surface area contributed by atoms with Gasteiger partial charge in [0.2, 0.25) is 17.7 Å². The number of methoxy groups -OCH3 is 1. The number of nitrogens with one attached hydrogen (secondary N) is 3. The summed E-state index contributed by atoms with van der Waals surface area (Å²) in [5.74, 6) is -3.90. The number of ether oxygens (including phenoxy) is 1. The van der Waals surface area contributed by atoms with Crippen molar-refractivity contribution in [3.8, 4) is 5.75 Å². The van der Waals surface area contributed by atoms with Crippen molar-refractivity contribution in [2.45, 2.75) is 101 Å². The summed E-state index contributed by atoms with van der Waals surface area (Å²) in [6.07, 6.45) is -1.40. The van der Waals surface area contributed by atoms with Gasteiger partial charge in [0.15, 0.2) is 0 Å². The number of hydrogen-bond acceptors (Lipinski definition) is 10. The van der Waals surface area contributed by atoms with Crippen molar-refractivity contribution in [1.82, 2.24) is 20.1 Å². The van der Waals surface area contributed by atoms with Gasteiger partial charge < -0.3 is 35.8 Å². The molecule has 1 spiro atoms. The summed E-state index contributed by atoms with van der Waals surface area (Å²) in [7, 11) is 1.43. The van der Waals surface area contributed by atoms with Gasteiger partial charge in [-0.25, -0.2) is 4.39 Å². The van der Waals surface area contributed by atoms with Crippen LogP contribution < -0.4 is 31.3 Å². The molecule has 3 fully saturated rings. The molecular weight excluding hydrogens is 908 g/mol. The summed E-state index contributed by atoms with van der Waals surface area (Å²) < 4.78 is 64.7. The number of nitrogens with two attached hydrogens (primary N) is 1. The summed E-state index contributed by atoms with van der Waals surface area (Å²) >= 11 is 6.40. The van der Waals surface area contributed by atoms with Gasteiger partial charge >= 0.3 is 6.18 Å². The minimum absolute atomic E-state index is 0.00357. The number of nitrogens with zero attached hydrogens (tertiary/aromatic N) is 4. The van der Waals surface area contributed by atoms with Gasteiger partial charge in [-0.1, -0.05) is 44.5 Å². The number of hydrogen-bond donors (Lipinski definition) is 4. The van der Waals surface area contributed by atoms with E-state index in [-0.39, 0.29) is 71.7 Å². The molecule has 19 heteroatoms. The zero-order valence-corrected chi connectivity index (χ0v) is 38.6. The highest BCUT2D eigenvalue weighted by atomic mass is 35.5. The molecule has 68 heavy (non-hydrogen) atoms. The van der Waals surface area contributed by atoms with Crippen molar-refractivity contribution in [3.63, 3.8) is 0 Å². The van der Waals surface area contributed by atoms with Crippen LogP contribution in [-0.4, -0.2) is 95.2 Å². The van der Waals surface area contributed by atoms with Crippen LogP contribution in [-0.2, 0) is 32.5 Å². The monoisotopic (exact) mass is 958 g/mol. The Morgan fingerprint density at radius 1 is 1.04 bits per heavy atom. The number of carbonyl (C=O) groups excluding carboxylic acids is 5. The van der Waals surface area contributed by atoms with E-state index in [0.29, 0.717) is 48.3 Å². The molecular formula is C49H51ClF4N8O6. The molecule has 5 N–H and O–H groups in total. The molecule has 0 bridgehead atoms. The molecule has 5 amide bonds. The van der Waals surface area contributed by atoms with E-state index in [2.05, 4.69) is 20.9 Å². The van der Waals surface area contributed by atoms with Crippen LogP contribution in [0.25, 0.3) is 0 Å². The van der Waals surface area contributed by atoms with Crippen LogP contribution in [0.2, 0.25) is 5.02 Å². The lowest BCUT2D eigenvalue weighted by Crippen LogP contribution is -2.52. The number of piperidine rings is 2. The van der Waals surface area contributed by atoms with Crippen LogP contribution in [0.15, 0.2) is 66.9 Å². The van der Waals surface area contributed by atoms with E-state index in [9.17, 15) is 37.1 Å². The molecule has 14 nitrogen and oxygen atoms in total. The van der Waals surface area contributed by atoms with E-state index in [1.807, 2.05) is 26.8 Å². The van der Waals surface area contributed by atoms with Gasteiger partial charge in [0.1, 0.15) is 29.3 Å². The van der Waals surface area contributed by atoms with Crippen LogP contribution in [0.5, 0.6) is 5.75 Å². The minimum Gasteiger partial charge on any atom is -0.495 e. The van der Waals surface area contributed by atoms with Crippen molar-refractivity contribution in [1.29, 1.82) is 0 Å². The van der Waals surface area contributed by atoms with Gasteiger partial charge in [-0.05, 0) is 90.8 Å². The molecule has 5 aliphatic rings. The van der Waals surface area contributed by atoms with Gasteiger partial charge in [0.25, 0.3) is 11.8 Å². The standard InChI is InChI=1S/C49H51ClF4N8O6/c1-47(2,3)20-38-48(24-57-33-19-37(49(52,53)54)56-21-31(33)48)40(30-8-5-9-32(50)41(30)51)42(43(55)64)62(38)34-13-10-25(18-36(34)68-4)45(66)60-16-6-7-28(23-60)58-27-11-12-29-26(17-27)22-61(46(29)67)35-14-15-39(63)59-44(35)65/h5,8-13,17-19,21,28,35,38,40,42,57-58H,6-7,14-16,20,22-24H2,1-4H3,(H2,55,64)(H,59,63,65)/t28-,35?,38+,40+,42-,48+/m1/s1. The topological polar surface area (TPSA) is 179 Å². The Morgan fingerprint density at radius 2 is 1.82 bits per heavy atom. The Bertz CT molecular complexity index is 2750. The highest BCUT2D eigenvalue weighted by Crippen LogP contribution is 2.61. The van der Waals surface area contributed by atoms with Crippen LogP contribution >= 0.6 is 11.6 Å². The molecule has 0 saturated carbocycles. The van der Waals surface area contributed by atoms with Gasteiger partial charge in [-0.2, -0.15) is 13.2 Å². The molecule has 6 heterocycles. The zero-order chi connectivity index (χ0) is 48.6. The number of rotatable bonds is 9. The third-order valence-electron chi connectivity index (χ3n) is 14.1. The van der Waals surface area contributed by atoms with E-state index in [4.69, 9.17) is 22.1 Å². The number of fused-ring (bicyclic) bond motifs is 3. The summed E-state index contributed by atoms with van der Waals surface area (Å²) in [5.41, 5.74) is 6.68. The quantitative estimate of drug-likeness (QED) is 0.101. The maximum absolute atomic E-state index is 16.5. The highest BCUT2D eigenvalue weighted by Gasteiger charge is 2.66. The van der Waals surface area contributed by atoms with Crippen molar-refractivity contribution in [3.05, 3.63) is 111 Å². The summed E-state index contributed by atoms with van der Waals surface area (Å²) in [5, 5.41) is 8.80. The number of anilines is 3. The average Bonchev–Trinajstić information content (AvgIpc) is 3.92. The Morgan fingerprint density at radius 3 is 2.53 bits per heavy atom. The third kappa shape index (κ3) is 8.13. The Kier molecular flexibility index (Phi) is 11.9. The fraction of sp³-hybridized carbons (Fsp3) is 0.429. The van der Waals surface area contributed by atoms with E-state index in [1.54, 1.807) is 46.2 Å². The molecule has 9 rings (SSSR count). The number of benzene rings is 3. The maximum atomic E-state index is 16.5. The SMILES string of the molecule is COc1cc(C(=O)N2CCC[C@@H](Nc3ccc4c(c3)CN(C3CCC(=O)NC3=O)C4=O)C2)ccc1N1[C@@H](CC(C)(C)C)[C@@]2(CNc3cc(C(F)(F)F)ncc32)[C@@H](c2cccc(Cl)c2F)[C@@H]1C(N)=O. The maximum Gasteiger partial charge on any atom is 0.433 e. The molecule has 6 atom stereocenters. The second-order valence-electron chi connectivity index (χ2n) is 19.6. The predicted octanol–water partition coefficient (Wildman–Crippen LogP) is 7.01. The lowest BCUT2D eigenvalue weighted by Gasteiger charge is -2.41. The van der Waals surface area contributed by atoms with Crippen LogP contribution in [0.4, 0.5) is 34.6 Å². The smallest absolute Gasteiger partial charge is 0.433 e. The van der Waals surface area contributed by atoms with Crippen LogP contribution in [0, 0.1) is 11.2 Å². The van der Waals surface area contributed by atoms with Crippen LogP contribution in [0.3, 0.4) is 0 Å². The van der Waals surface area contributed by atoms with Gasteiger partial charge in [-0.15, -0.1) is 0 Å². The first-order chi connectivity index (χ1) is 32.2. The van der Waals surface area contributed by atoms with Crippen LogP contribution in [0.1, 0.15) is 102 Å². The average molecular weight is 959 g/mol. The normalized spacial score (nSPS) is 24.8. The van der Waals surface area contributed by atoms with E-state index < -0.39 is 64.4 Å². The number of alkyl halides is 3. The molecule has 5 aliphatic heterocycles. The molecule has 3 aromatic carbocycles. The number of primary amides is 1. The summed E-state index contributed by atoms with van der Waals surface area (Å²) in [6, 6.07) is 12.7. The minimum atomic E-state index is -4.75. The fourth-order valence-electron chi connectivity index (χ4n) is 11.2. The summed E-state index contributed by atoms with van der Waals surface area (Å²) in [4.78, 5) is 75.0. The van der Waals surface area contributed by atoms with E-state index >= 15 is 4.39 Å². The fourth-order valence-corrected chi connectivity index (χ4v) is 11.4. The van der Waals surface area contributed by atoms with Crippen molar-refractivity contribution < 1.29 is 46.3 Å². The molecule has 0 radical (unpaired) electrons. The number of halogens is 5. The first kappa shape index (κ1) is 46.7. The molecule has 3 saturated heterocycles. The largest absolute Gasteiger partial charge is 0.495 e. The highest BCUT2D eigenvalue weighted by molar-refractivity contribution is 6.30. The third-order valence-corrected chi connectivity index (χ3v) is 14.4. The lowest BCUT2D eigenvalue weighted by molar-refractivity contribution is -0.141. The van der Waals surface area contributed by atoms with Gasteiger partial charge in [-0.3, -0.25) is 34.3 Å². The Labute approximate surface area is 394 Å². The van der Waals surface area contributed by atoms with Crippen molar-refractivity contribution >= 4 is 58.2 Å². The predicted molar refractivity (Wildman–Crippen MR) is 245 cm³/mol. The van der Waals surface area contributed by atoms with Crippen molar-refractivity contribution in [2.24, 2.45) is 11.1 Å². The number of amides is 5. The Balaban J connectivity index is 1.03. The van der Waals surface area contributed by atoms with Crippen molar-refractivity contribution in [2.75, 3.05) is 42.3 Å². The van der Waals surface area contributed by atoms with Gasteiger partial charge in [0.05, 0.1) is 17.8 Å². The number of aromatic nitrogens is 1. The van der Waals surface area contributed by atoms with E-state index in [0.717, 1.165) is 29.9 Å².